The lowest BCUT2D eigenvalue weighted by atomic mass is 9.81. The third-order valence-corrected chi connectivity index (χ3v) is 7.77. The molecule has 1 aliphatic rings. The summed E-state index contributed by atoms with van der Waals surface area (Å²) in [6, 6.07) is 19.9. The van der Waals surface area contributed by atoms with E-state index in [2.05, 4.69) is 80.6 Å². The molecule has 0 radical (unpaired) electrons. The molecule has 1 fully saturated rings. The van der Waals surface area contributed by atoms with Gasteiger partial charge in [0.25, 0.3) is 0 Å². The predicted molar refractivity (Wildman–Crippen MR) is 150 cm³/mol. The highest BCUT2D eigenvalue weighted by molar-refractivity contribution is 9.10. The van der Waals surface area contributed by atoms with Crippen LogP contribution in [0.2, 0.25) is 0 Å². The SMILES string of the molecule is Cc1cc(Br)cc(C)c1CNC(=NCc1ccc(Br)cc1)NC1CCCC(c2ccc(F)cc2)C1. The Hall–Kier alpha value is -2.18. The van der Waals surface area contributed by atoms with Crippen LogP contribution >= 0.6 is 31.9 Å². The molecule has 4 rings (SSSR count). The van der Waals surface area contributed by atoms with Gasteiger partial charge in [0.2, 0.25) is 0 Å². The summed E-state index contributed by atoms with van der Waals surface area (Å²) in [6.07, 6.45) is 4.40. The number of guanidine groups is 1. The van der Waals surface area contributed by atoms with E-state index in [-0.39, 0.29) is 5.82 Å². The summed E-state index contributed by atoms with van der Waals surface area (Å²) < 4.78 is 15.6. The van der Waals surface area contributed by atoms with E-state index in [0.29, 0.717) is 25.0 Å². The first kappa shape index (κ1) is 25.9. The molecule has 0 spiro atoms. The molecule has 0 aromatic heterocycles. The van der Waals surface area contributed by atoms with Gasteiger partial charge in [0, 0.05) is 21.5 Å². The second kappa shape index (κ2) is 12.2. The molecule has 0 saturated heterocycles. The van der Waals surface area contributed by atoms with Gasteiger partial charge < -0.3 is 10.6 Å². The average molecular weight is 601 g/mol. The van der Waals surface area contributed by atoms with E-state index >= 15 is 0 Å². The van der Waals surface area contributed by atoms with Gasteiger partial charge in [0.15, 0.2) is 5.96 Å². The topological polar surface area (TPSA) is 36.4 Å². The number of aryl methyl sites for hydroxylation is 2. The summed E-state index contributed by atoms with van der Waals surface area (Å²) in [4.78, 5) is 4.94. The zero-order chi connectivity index (χ0) is 24.8. The van der Waals surface area contributed by atoms with Crippen molar-refractivity contribution in [1.82, 2.24) is 10.6 Å². The molecule has 35 heavy (non-hydrogen) atoms. The molecule has 3 nitrogen and oxygen atoms in total. The maximum atomic E-state index is 13.4. The molecule has 184 valence electrons. The van der Waals surface area contributed by atoms with E-state index in [1.54, 1.807) is 12.1 Å². The van der Waals surface area contributed by atoms with Crippen LogP contribution in [-0.4, -0.2) is 12.0 Å². The molecule has 0 amide bonds. The van der Waals surface area contributed by atoms with Crippen molar-refractivity contribution in [3.8, 4) is 0 Å². The van der Waals surface area contributed by atoms with Gasteiger partial charge in [-0.1, -0.05) is 62.5 Å². The Bertz CT molecular complexity index is 1140. The summed E-state index contributed by atoms with van der Waals surface area (Å²) in [5.41, 5.74) is 6.19. The van der Waals surface area contributed by atoms with Gasteiger partial charge in [-0.25, -0.2) is 9.38 Å². The lowest BCUT2D eigenvalue weighted by Gasteiger charge is -2.31. The summed E-state index contributed by atoms with van der Waals surface area (Å²) in [6.45, 7) is 5.62. The van der Waals surface area contributed by atoms with Gasteiger partial charge >= 0.3 is 0 Å². The van der Waals surface area contributed by atoms with Gasteiger partial charge in [-0.15, -0.1) is 0 Å². The first-order valence-electron chi connectivity index (χ1n) is 12.2. The quantitative estimate of drug-likeness (QED) is 0.223. The minimum absolute atomic E-state index is 0.177. The lowest BCUT2D eigenvalue weighted by molar-refractivity contribution is 0.368. The van der Waals surface area contributed by atoms with E-state index in [9.17, 15) is 4.39 Å². The highest BCUT2D eigenvalue weighted by Gasteiger charge is 2.24. The Balaban J connectivity index is 1.48. The third-order valence-electron chi connectivity index (χ3n) is 6.78. The van der Waals surface area contributed by atoms with Crippen molar-refractivity contribution >= 4 is 37.8 Å². The molecule has 1 aliphatic carbocycles. The number of nitrogens with zero attached hydrogens (tertiary/aromatic N) is 1. The predicted octanol–water partition coefficient (Wildman–Crippen LogP) is 7.93. The van der Waals surface area contributed by atoms with Crippen LogP contribution in [0.1, 0.15) is 59.4 Å². The van der Waals surface area contributed by atoms with E-state index in [4.69, 9.17) is 4.99 Å². The molecule has 0 aliphatic heterocycles. The summed E-state index contributed by atoms with van der Waals surface area (Å²) in [7, 11) is 0. The van der Waals surface area contributed by atoms with Crippen molar-refractivity contribution in [2.75, 3.05) is 0 Å². The number of aliphatic imine (C=N–C) groups is 1. The summed E-state index contributed by atoms with van der Waals surface area (Å²) in [5.74, 6) is 1.09. The molecule has 2 N–H and O–H groups in total. The Kier molecular flexibility index (Phi) is 9.01. The molecular weight excluding hydrogens is 569 g/mol. The Morgan fingerprint density at radius 3 is 2.31 bits per heavy atom. The van der Waals surface area contributed by atoms with Crippen LogP contribution in [0.5, 0.6) is 0 Å². The normalized spacial score (nSPS) is 18.4. The lowest BCUT2D eigenvalue weighted by Crippen LogP contribution is -2.45. The maximum Gasteiger partial charge on any atom is 0.192 e. The molecule has 0 bridgehead atoms. The number of rotatable bonds is 6. The van der Waals surface area contributed by atoms with Gasteiger partial charge in [0.1, 0.15) is 5.82 Å². The van der Waals surface area contributed by atoms with Crippen molar-refractivity contribution in [2.45, 2.75) is 64.6 Å². The number of nitrogens with one attached hydrogen (secondary N) is 2. The standard InChI is InChI=1S/C29H32Br2FN3/c1-19-14-25(31)15-20(2)28(19)18-34-29(33-17-21-6-10-24(30)11-7-21)35-27-5-3-4-23(16-27)22-8-12-26(32)13-9-22/h6-15,23,27H,3-5,16-18H2,1-2H3,(H2,33,34,35). The number of benzene rings is 3. The Morgan fingerprint density at radius 2 is 1.63 bits per heavy atom. The van der Waals surface area contributed by atoms with Crippen molar-refractivity contribution in [3.63, 3.8) is 0 Å². The largest absolute Gasteiger partial charge is 0.354 e. The van der Waals surface area contributed by atoms with Crippen molar-refractivity contribution < 1.29 is 4.39 Å². The molecular formula is C29H32Br2FN3. The Morgan fingerprint density at radius 1 is 0.943 bits per heavy atom. The van der Waals surface area contributed by atoms with E-state index < -0.39 is 0 Å². The second-order valence-corrected chi connectivity index (χ2v) is 11.3. The van der Waals surface area contributed by atoms with E-state index in [1.165, 1.54) is 22.3 Å². The van der Waals surface area contributed by atoms with Crippen LogP contribution in [0.25, 0.3) is 0 Å². The fourth-order valence-electron chi connectivity index (χ4n) is 4.86. The van der Waals surface area contributed by atoms with Crippen molar-refractivity contribution in [1.29, 1.82) is 0 Å². The molecule has 0 heterocycles. The maximum absolute atomic E-state index is 13.4. The van der Waals surface area contributed by atoms with Crippen LogP contribution < -0.4 is 10.6 Å². The fraction of sp³-hybridized carbons (Fsp3) is 0.345. The highest BCUT2D eigenvalue weighted by atomic mass is 79.9. The van der Waals surface area contributed by atoms with E-state index in [1.807, 2.05) is 24.3 Å². The van der Waals surface area contributed by atoms with E-state index in [0.717, 1.165) is 46.2 Å². The van der Waals surface area contributed by atoms with Gasteiger partial charge in [-0.05, 0) is 103 Å². The number of halogens is 3. The zero-order valence-corrected chi connectivity index (χ0v) is 23.4. The van der Waals surface area contributed by atoms with Crippen LogP contribution in [-0.2, 0) is 13.1 Å². The molecule has 3 aromatic carbocycles. The van der Waals surface area contributed by atoms with Gasteiger partial charge in [-0.2, -0.15) is 0 Å². The third kappa shape index (κ3) is 7.40. The summed E-state index contributed by atoms with van der Waals surface area (Å²) >= 11 is 7.10. The average Bonchev–Trinajstić information content (AvgIpc) is 2.83. The molecule has 1 saturated carbocycles. The van der Waals surface area contributed by atoms with Crippen LogP contribution in [0.15, 0.2) is 74.6 Å². The van der Waals surface area contributed by atoms with Crippen molar-refractivity contribution in [3.05, 3.63) is 103 Å². The zero-order valence-electron chi connectivity index (χ0n) is 20.3. The first-order valence-corrected chi connectivity index (χ1v) is 13.8. The number of hydrogen-bond acceptors (Lipinski definition) is 1. The molecule has 2 atom stereocenters. The summed E-state index contributed by atoms with van der Waals surface area (Å²) in [5, 5.41) is 7.31. The molecule has 2 unspecified atom stereocenters. The van der Waals surface area contributed by atoms with Crippen LogP contribution in [0.3, 0.4) is 0 Å². The van der Waals surface area contributed by atoms with Crippen molar-refractivity contribution in [2.24, 2.45) is 4.99 Å². The monoisotopic (exact) mass is 599 g/mol. The minimum Gasteiger partial charge on any atom is -0.354 e. The van der Waals surface area contributed by atoms with Gasteiger partial charge in [0.05, 0.1) is 6.54 Å². The molecule has 6 heteroatoms. The first-order chi connectivity index (χ1) is 16.9. The van der Waals surface area contributed by atoms with Crippen LogP contribution in [0, 0.1) is 19.7 Å². The minimum atomic E-state index is -0.177. The fourth-order valence-corrected chi connectivity index (χ4v) is 5.81. The molecule has 3 aromatic rings. The van der Waals surface area contributed by atoms with Gasteiger partial charge in [-0.3, -0.25) is 0 Å². The number of hydrogen-bond donors (Lipinski definition) is 2. The smallest absolute Gasteiger partial charge is 0.192 e. The highest BCUT2D eigenvalue weighted by Crippen LogP contribution is 2.33. The Labute approximate surface area is 224 Å². The van der Waals surface area contributed by atoms with Crippen LogP contribution in [0.4, 0.5) is 4.39 Å². The second-order valence-electron chi connectivity index (χ2n) is 9.42.